The summed E-state index contributed by atoms with van der Waals surface area (Å²) in [5.74, 6) is -0.516. The first-order valence-electron chi connectivity index (χ1n) is 6.59. The van der Waals surface area contributed by atoms with Crippen LogP contribution in [0.2, 0.25) is 0 Å². The van der Waals surface area contributed by atoms with E-state index in [9.17, 15) is 9.59 Å². The van der Waals surface area contributed by atoms with Crippen LogP contribution in [0.25, 0.3) is 0 Å². The third kappa shape index (κ3) is 4.27. The Bertz CT molecular complexity index is 312. The highest BCUT2D eigenvalue weighted by Crippen LogP contribution is 2.33. The lowest BCUT2D eigenvalue weighted by atomic mass is 10.1. The fraction of sp³-hybridized carbons (Fsp3) is 0.833. The van der Waals surface area contributed by atoms with Crippen LogP contribution in [0.15, 0.2) is 0 Å². The normalized spacial score (nSPS) is 22.4. The zero-order valence-electron chi connectivity index (χ0n) is 10.5. The van der Waals surface area contributed by atoms with E-state index in [1.54, 1.807) is 0 Å². The molecule has 1 unspecified atom stereocenters. The van der Waals surface area contributed by atoms with Crippen LogP contribution in [-0.2, 0) is 9.59 Å². The van der Waals surface area contributed by atoms with Crippen molar-refractivity contribution in [3.8, 4) is 0 Å². The highest BCUT2D eigenvalue weighted by molar-refractivity contribution is 5.79. The zero-order valence-corrected chi connectivity index (χ0v) is 10.5. The van der Waals surface area contributed by atoms with E-state index < -0.39 is 5.97 Å². The monoisotopic (exact) mass is 255 g/mol. The average Bonchev–Trinajstić information content (AvgIpc) is 3.12. The Balaban J connectivity index is 1.75. The maximum absolute atomic E-state index is 11.9. The van der Waals surface area contributed by atoms with Crippen molar-refractivity contribution in [2.75, 3.05) is 32.7 Å². The van der Waals surface area contributed by atoms with Gasteiger partial charge in [0.25, 0.3) is 0 Å². The molecule has 1 heterocycles. The van der Waals surface area contributed by atoms with Crippen LogP contribution >= 0.6 is 0 Å². The minimum absolute atomic E-state index is 0.0396. The van der Waals surface area contributed by atoms with E-state index in [-0.39, 0.29) is 18.4 Å². The molecule has 2 aliphatic rings. The fourth-order valence-electron chi connectivity index (χ4n) is 2.35. The van der Waals surface area contributed by atoms with Crippen molar-refractivity contribution in [3.63, 3.8) is 0 Å². The maximum Gasteiger partial charge on any atom is 0.305 e. The second-order valence-electron chi connectivity index (χ2n) is 5.14. The van der Waals surface area contributed by atoms with Crippen molar-refractivity contribution in [1.29, 1.82) is 0 Å². The molecule has 102 valence electrons. The molecule has 0 radical (unpaired) electrons. The SMILES string of the molecule is O=C(O)CC(NC(=O)CN1CCNCC1)C1CC1. The Morgan fingerprint density at radius 3 is 2.56 bits per heavy atom. The molecule has 0 aromatic carbocycles. The summed E-state index contributed by atoms with van der Waals surface area (Å²) in [6, 6.07) is -0.182. The first kappa shape index (κ1) is 13.3. The summed E-state index contributed by atoms with van der Waals surface area (Å²) >= 11 is 0. The highest BCUT2D eigenvalue weighted by atomic mass is 16.4. The Morgan fingerprint density at radius 1 is 1.33 bits per heavy atom. The first-order chi connectivity index (χ1) is 8.65. The van der Waals surface area contributed by atoms with Crippen LogP contribution in [0.1, 0.15) is 19.3 Å². The van der Waals surface area contributed by atoms with Crippen molar-refractivity contribution in [2.45, 2.75) is 25.3 Å². The molecule has 1 aliphatic carbocycles. The number of piperazine rings is 1. The van der Waals surface area contributed by atoms with Gasteiger partial charge in [0, 0.05) is 32.2 Å². The van der Waals surface area contributed by atoms with Crippen molar-refractivity contribution in [3.05, 3.63) is 0 Å². The van der Waals surface area contributed by atoms with Gasteiger partial charge in [-0.2, -0.15) is 0 Å². The van der Waals surface area contributed by atoms with E-state index in [2.05, 4.69) is 15.5 Å². The molecule has 0 bridgehead atoms. The van der Waals surface area contributed by atoms with E-state index in [0.29, 0.717) is 12.5 Å². The summed E-state index contributed by atoms with van der Waals surface area (Å²) in [4.78, 5) is 24.7. The molecule has 1 saturated heterocycles. The lowest BCUT2D eigenvalue weighted by molar-refractivity contribution is -0.137. The van der Waals surface area contributed by atoms with E-state index >= 15 is 0 Å². The molecule has 6 heteroatoms. The van der Waals surface area contributed by atoms with Crippen molar-refractivity contribution in [1.82, 2.24) is 15.5 Å². The number of carbonyl (C=O) groups excluding carboxylic acids is 1. The smallest absolute Gasteiger partial charge is 0.305 e. The summed E-state index contributed by atoms with van der Waals surface area (Å²) in [5.41, 5.74) is 0. The molecule has 2 fully saturated rings. The molecule has 0 aromatic heterocycles. The van der Waals surface area contributed by atoms with Gasteiger partial charge in [0.2, 0.25) is 5.91 Å². The molecule has 1 aliphatic heterocycles. The third-order valence-corrected chi connectivity index (χ3v) is 3.51. The fourth-order valence-corrected chi connectivity index (χ4v) is 2.35. The van der Waals surface area contributed by atoms with Gasteiger partial charge in [-0.05, 0) is 18.8 Å². The second kappa shape index (κ2) is 6.15. The number of aliphatic carboxylic acids is 1. The summed E-state index contributed by atoms with van der Waals surface area (Å²) in [6.07, 6.45) is 2.11. The number of hydrogen-bond acceptors (Lipinski definition) is 4. The van der Waals surface area contributed by atoms with Gasteiger partial charge in [0.1, 0.15) is 0 Å². The summed E-state index contributed by atoms with van der Waals surface area (Å²) in [7, 11) is 0. The third-order valence-electron chi connectivity index (χ3n) is 3.51. The molecule has 1 amide bonds. The van der Waals surface area contributed by atoms with Gasteiger partial charge in [0.15, 0.2) is 0 Å². The van der Waals surface area contributed by atoms with Gasteiger partial charge >= 0.3 is 5.97 Å². The molecular weight excluding hydrogens is 234 g/mol. The van der Waals surface area contributed by atoms with Gasteiger partial charge in [-0.1, -0.05) is 0 Å². The standard InChI is InChI=1S/C12H21N3O3/c16-11(8-15-5-3-13-4-6-15)14-10(7-12(17)18)9-1-2-9/h9-10,13H,1-8H2,(H,14,16)(H,17,18). The lowest BCUT2D eigenvalue weighted by Crippen LogP contribution is -2.49. The predicted molar refractivity (Wildman–Crippen MR) is 66.2 cm³/mol. The maximum atomic E-state index is 11.9. The van der Waals surface area contributed by atoms with Crippen LogP contribution in [-0.4, -0.2) is 60.6 Å². The van der Waals surface area contributed by atoms with E-state index in [1.807, 2.05) is 0 Å². The second-order valence-corrected chi connectivity index (χ2v) is 5.14. The van der Waals surface area contributed by atoms with Gasteiger partial charge in [-0.3, -0.25) is 14.5 Å². The predicted octanol–water partition coefficient (Wildman–Crippen LogP) is -0.739. The number of rotatable bonds is 6. The average molecular weight is 255 g/mol. The number of carbonyl (C=O) groups is 2. The number of amides is 1. The molecule has 3 N–H and O–H groups in total. The molecule has 0 aromatic rings. The summed E-state index contributed by atoms with van der Waals surface area (Å²) < 4.78 is 0. The van der Waals surface area contributed by atoms with Crippen LogP contribution in [0, 0.1) is 5.92 Å². The van der Waals surface area contributed by atoms with E-state index in [0.717, 1.165) is 39.0 Å². The van der Waals surface area contributed by atoms with Gasteiger partial charge in [0.05, 0.1) is 13.0 Å². The highest BCUT2D eigenvalue weighted by Gasteiger charge is 2.33. The summed E-state index contributed by atoms with van der Waals surface area (Å²) in [6.45, 7) is 3.95. The molecule has 2 rings (SSSR count). The van der Waals surface area contributed by atoms with Crippen LogP contribution < -0.4 is 10.6 Å². The van der Waals surface area contributed by atoms with Crippen LogP contribution in [0.4, 0.5) is 0 Å². The quantitative estimate of drug-likeness (QED) is 0.582. The largest absolute Gasteiger partial charge is 0.481 e. The zero-order chi connectivity index (χ0) is 13.0. The van der Waals surface area contributed by atoms with Gasteiger partial charge in [-0.25, -0.2) is 0 Å². The Labute approximate surface area is 107 Å². The minimum atomic E-state index is -0.839. The van der Waals surface area contributed by atoms with Gasteiger partial charge < -0.3 is 15.7 Å². The molecule has 1 atom stereocenters. The van der Waals surface area contributed by atoms with Crippen molar-refractivity contribution < 1.29 is 14.7 Å². The lowest BCUT2D eigenvalue weighted by Gasteiger charge is -2.27. The Kier molecular flexibility index (Phi) is 4.54. The van der Waals surface area contributed by atoms with Crippen LogP contribution in [0.5, 0.6) is 0 Å². The van der Waals surface area contributed by atoms with Crippen LogP contribution in [0.3, 0.4) is 0 Å². The number of hydrogen-bond donors (Lipinski definition) is 3. The van der Waals surface area contributed by atoms with E-state index in [4.69, 9.17) is 5.11 Å². The molecule has 6 nitrogen and oxygen atoms in total. The first-order valence-corrected chi connectivity index (χ1v) is 6.59. The summed E-state index contributed by atoms with van der Waals surface area (Å²) in [5, 5.41) is 14.9. The number of carboxylic acid groups (broad SMARTS) is 1. The molecule has 18 heavy (non-hydrogen) atoms. The number of carboxylic acids is 1. The minimum Gasteiger partial charge on any atom is -0.481 e. The Hall–Kier alpha value is -1.14. The number of nitrogens with one attached hydrogen (secondary N) is 2. The molecule has 0 spiro atoms. The number of nitrogens with zero attached hydrogens (tertiary/aromatic N) is 1. The van der Waals surface area contributed by atoms with Gasteiger partial charge in [-0.15, -0.1) is 0 Å². The van der Waals surface area contributed by atoms with E-state index in [1.165, 1.54) is 0 Å². The molecule has 1 saturated carbocycles. The molecular formula is C12H21N3O3. The van der Waals surface area contributed by atoms with Crippen molar-refractivity contribution >= 4 is 11.9 Å². The Morgan fingerprint density at radius 2 is 2.00 bits per heavy atom. The van der Waals surface area contributed by atoms with Crippen molar-refractivity contribution in [2.24, 2.45) is 5.92 Å². The topological polar surface area (TPSA) is 81.7 Å².